The van der Waals surface area contributed by atoms with Gasteiger partial charge in [0.25, 0.3) is 0 Å². The molecule has 0 amide bonds. The molecule has 0 spiro atoms. The molecular weight excluding hydrogens is 337 g/mol. The third-order valence-electron chi connectivity index (χ3n) is 2.86. The van der Waals surface area contributed by atoms with Crippen LogP contribution in [0.15, 0.2) is 63.7 Å². The molecule has 0 radical (unpaired) electrons. The van der Waals surface area contributed by atoms with E-state index in [4.69, 9.17) is 4.74 Å². The van der Waals surface area contributed by atoms with Gasteiger partial charge in [-0.1, -0.05) is 28.1 Å². The van der Waals surface area contributed by atoms with Gasteiger partial charge in [0.05, 0.1) is 0 Å². The number of aliphatic imine (C=N–C) groups is 1. The monoisotopic (exact) mass is 345 g/mol. The van der Waals surface area contributed by atoms with Crippen molar-refractivity contribution >= 4 is 33.9 Å². The summed E-state index contributed by atoms with van der Waals surface area (Å²) in [4.78, 5) is 16.0. The Balaban J connectivity index is 1.93. The summed E-state index contributed by atoms with van der Waals surface area (Å²) in [5.74, 6) is -0.667. The summed E-state index contributed by atoms with van der Waals surface area (Å²) < 4.78 is 19.2. The van der Waals surface area contributed by atoms with Gasteiger partial charge in [-0.15, -0.1) is 0 Å². The van der Waals surface area contributed by atoms with E-state index in [9.17, 15) is 9.18 Å². The van der Waals surface area contributed by atoms with Gasteiger partial charge in [0.15, 0.2) is 5.70 Å². The highest BCUT2D eigenvalue weighted by Crippen LogP contribution is 2.20. The minimum atomic E-state index is -0.544. The van der Waals surface area contributed by atoms with Crippen LogP contribution in [0.2, 0.25) is 0 Å². The van der Waals surface area contributed by atoms with Gasteiger partial charge in [-0.2, -0.15) is 0 Å². The van der Waals surface area contributed by atoms with Gasteiger partial charge in [0.1, 0.15) is 5.82 Å². The van der Waals surface area contributed by atoms with E-state index in [1.54, 1.807) is 24.3 Å². The van der Waals surface area contributed by atoms with Crippen LogP contribution in [0.3, 0.4) is 0 Å². The molecule has 2 aromatic carbocycles. The molecule has 0 aliphatic carbocycles. The minimum absolute atomic E-state index is 0.151. The lowest BCUT2D eigenvalue weighted by Gasteiger charge is -1.98. The summed E-state index contributed by atoms with van der Waals surface area (Å²) in [5.41, 5.74) is 1.41. The normalized spacial score (nSPS) is 16.0. The van der Waals surface area contributed by atoms with Gasteiger partial charge in [0, 0.05) is 10.0 Å². The Labute approximate surface area is 128 Å². The fourth-order valence-corrected chi connectivity index (χ4v) is 2.14. The number of cyclic esters (lactones) is 1. The molecule has 0 saturated carbocycles. The predicted octanol–water partition coefficient (Wildman–Crippen LogP) is 3.93. The van der Waals surface area contributed by atoms with E-state index in [1.807, 2.05) is 12.1 Å². The quantitative estimate of drug-likeness (QED) is 0.610. The average Bonchev–Trinajstić information content (AvgIpc) is 2.81. The van der Waals surface area contributed by atoms with E-state index in [2.05, 4.69) is 20.9 Å². The molecule has 21 heavy (non-hydrogen) atoms. The van der Waals surface area contributed by atoms with Gasteiger partial charge in [-0.3, -0.25) is 0 Å². The van der Waals surface area contributed by atoms with Gasteiger partial charge < -0.3 is 4.74 Å². The van der Waals surface area contributed by atoms with Crippen LogP contribution in [0.5, 0.6) is 0 Å². The van der Waals surface area contributed by atoms with Gasteiger partial charge in [0.2, 0.25) is 5.90 Å². The molecule has 2 aromatic rings. The maximum Gasteiger partial charge on any atom is 0.363 e. The fourth-order valence-electron chi connectivity index (χ4n) is 1.88. The van der Waals surface area contributed by atoms with Crippen LogP contribution in [0.4, 0.5) is 4.39 Å². The molecule has 0 bridgehead atoms. The number of rotatable bonds is 2. The van der Waals surface area contributed by atoms with Crippen LogP contribution >= 0.6 is 15.9 Å². The molecule has 0 aromatic heterocycles. The van der Waals surface area contributed by atoms with Crippen molar-refractivity contribution < 1.29 is 13.9 Å². The molecule has 0 atom stereocenters. The Kier molecular flexibility index (Phi) is 3.66. The van der Waals surface area contributed by atoms with Crippen LogP contribution in [0.1, 0.15) is 11.1 Å². The highest BCUT2D eigenvalue weighted by Gasteiger charge is 2.23. The van der Waals surface area contributed by atoms with Crippen molar-refractivity contribution in [1.29, 1.82) is 0 Å². The summed E-state index contributed by atoms with van der Waals surface area (Å²) in [6.45, 7) is 0. The highest BCUT2D eigenvalue weighted by atomic mass is 79.9. The van der Waals surface area contributed by atoms with Gasteiger partial charge in [-0.25, -0.2) is 14.2 Å². The smallest absolute Gasteiger partial charge is 0.363 e. The van der Waals surface area contributed by atoms with Crippen molar-refractivity contribution in [2.45, 2.75) is 0 Å². The zero-order valence-electron chi connectivity index (χ0n) is 10.7. The van der Waals surface area contributed by atoms with Crippen molar-refractivity contribution in [2.24, 2.45) is 4.99 Å². The lowest BCUT2D eigenvalue weighted by atomic mass is 10.2. The SMILES string of the molecule is O=C1OC(c2ccc(Br)cc2)=N/C1=C/c1cccc(F)c1. The van der Waals surface area contributed by atoms with Crippen molar-refractivity contribution in [3.63, 3.8) is 0 Å². The van der Waals surface area contributed by atoms with Crippen LogP contribution < -0.4 is 0 Å². The Morgan fingerprint density at radius 3 is 2.62 bits per heavy atom. The Hall–Kier alpha value is -2.27. The number of benzene rings is 2. The molecule has 1 aliphatic heterocycles. The number of nitrogens with zero attached hydrogens (tertiary/aromatic N) is 1. The molecule has 3 nitrogen and oxygen atoms in total. The summed E-state index contributed by atoms with van der Waals surface area (Å²) in [5, 5.41) is 0. The molecule has 5 heteroatoms. The van der Waals surface area contributed by atoms with Crippen molar-refractivity contribution in [2.75, 3.05) is 0 Å². The Morgan fingerprint density at radius 1 is 1.14 bits per heavy atom. The Bertz CT molecular complexity index is 766. The average molecular weight is 346 g/mol. The van der Waals surface area contributed by atoms with Gasteiger partial charge in [-0.05, 0) is 48.0 Å². The topological polar surface area (TPSA) is 38.7 Å². The molecule has 1 heterocycles. The van der Waals surface area contributed by atoms with Crippen molar-refractivity contribution in [1.82, 2.24) is 0 Å². The van der Waals surface area contributed by atoms with Crippen molar-refractivity contribution in [3.8, 4) is 0 Å². The van der Waals surface area contributed by atoms with Crippen LogP contribution in [-0.4, -0.2) is 11.9 Å². The number of ether oxygens (including phenoxy) is 1. The molecule has 3 rings (SSSR count). The van der Waals surface area contributed by atoms with E-state index >= 15 is 0 Å². The molecule has 0 saturated heterocycles. The third-order valence-corrected chi connectivity index (χ3v) is 3.39. The zero-order chi connectivity index (χ0) is 14.8. The lowest BCUT2D eigenvalue weighted by Crippen LogP contribution is -2.05. The summed E-state index contributed by atoms with van der Waals surface area (Å²) in [7, 11) is 0. The first-order chi connectivity index (χ1) is 10.1. The van der Waals surface area contributed by atoms with E-state index in [0.29, 0.717) is 11.1 Å². The maximum atomic E-state index is 13.1. The van der Waals surface area contributed by atoms with Gasteiger partial charge >= 0.3 is 5.97 Å². The van der Waals surface area contributed by atoms with E-state index in [-0.39, 0.29) is 17.4 Å². The van der Waals surface area contributed by atoms with Crippen LogP contribution in [-0.2, 0) is 9.53 Å². The summed E-state index contributed by atoms with van der Waals surface area (Å²) in [6.07, 6.45) is 1.50. The second-order valence-electron chi connectivity index (χ2n) is 4.40. The maximum absolute atomic E-state index is 13.1. The minimum Gasteiger partial charge on any atom is -0.402 e. The first kappa shape index (κ1) is 13.7. The van der Waals surface area contributed by atoms with E-state index in [1.165, 1.54) is 18.2 Å². The number of halogens is 2. The lowest BCUT2D eigenvalue weighted by molar-refractivity contribution is -0.129. The number of carbonyl (C=O) groups is 1. The first-order valence-electron chi connectivity index (χ1n) is 6.16. The largest absolute Gasteiger partial charge is 0.402 e. The predicted molar refractivity (Wildman–Crippen MR) is 81.1 cm³/mol. The van der Waals surface area contributed by atoms with Crippen molar-refractivity contribution in [3.05, 3.63) is 75.6 Å². The summed E-state index contributed by atoms with van der Waals surface area (Å²) >= 11 is 3.33. The van der Waals surface area contributed by atoms with E-state index < -0.39 is 5.97 Å². The molecule has 0 unspecified atom stereocenters. The fraction of sp³-hybridized carbons (Fsp3) is 0. The molecule has 0 N–H and O–H groups in total. The highest BCUT2D eigenvalue weighted by molar-refractivity contribution is 9.10. The number of esters is 1. The van der Waals surface area contributed by atoms with Crippen LogP contribution in [0, 0.1) is 5.82 Å². The Morgan fingerprint density at radius 2 is 1.90 bits per heavy atom. The third kappa shape index (κ3) is 3.08. The molecular formula is C16H9BrFNO2. The van der Waals surface area contributed by atoms with E-state index in [0.717, 1.165) is 4.47 Å². The molecule has 1 aliphatic rings. The first-order valence-corrected chi connectivity index (χ1v) is 6.95. The second-order valence-corrected chi connectivity index (χ2v) is 5.31. The number of hydrogen-bond donors (Lipinski definition) is 0. The second kappa shape index (κ2) is 5.61. The zero-order valence-corrected chi connectivity index (χ0v) is 12.3. The molecule has 104 valence electrons. The number of hydrogen-bond acceptors (Lipinski definition) is 3. The molecule has 0 fully saturated rings. The number of carbonyl (C=O) groups excluding carboxylic acids is 1. The van der Waals surface area contributed by atoms with Crippen LogP contribution in [0.25, 0.3) is 6.08 Å². The summed E-state index contributed by atoms with van der Waals surface area (Å²) in [6, 6.07) is 13.2. The standard InChI is InChI=1S/C16H9BrFNO2/c17-12-6-4-11(5-7-12)15-19-14(16(20)21-15)9-10-2-1-3-13(18)8-10/h1-9H/b14-9+.